The van der Waals surface area contributed by atoms with Crippen LogP contribution in [0.2, 0.25) is 0 Å². The van der Waals surface area contributed by atoms with Gasteiger partial charge >= 0.3 is 5.97 Å². The van der Waals surface area contributed by atoms with E-state index in [2.05, 4.69) is 5.32 Å². The van der Waals surface area contributed by atoms with E-state index in [0.29, 0.717) is 5.56 Å². The van der Waals surface area contributed by atoms with Gasteiger partial charge in [0.05, 0.1) is 6.54 Å². The standard InChI is InChI=1S/C18H15FN2O4/c19-14-7-4-12(5-8-14)6-9-17(23)25-15-3-1-2-13(10-15)18(24)21-11-16(20)22/h1-10H,11H2,(H2,20,22)(H,21,24). The number of primary amides is 1. The van der Waals surface area contributed by atoms with Crippen molar-refractivity contribution in [3.63, 3.8) is 0 Å². The summed E-state index contributed by atoms with van der Waals surface area (Å²) < 4.78 is 17.9. The highest BCUT2D eigenvalue weighted by molar-refractivity contribution is 5.97. The van der Waals surface area contributed by atoms with Crippen LogP contribution in [0.4, 0.5) is 4.39 Å². The second-order valence-corrected chi connectivity index (χ2v) is 4.98. The quantitative estimate of drug-likeness (QED) is 0.474. The molecule has 0 aliphatic heterocycles. The van der Waals surface area contributed by atoms with Gasteiger partial charge in [-0.3, -0.25) is 9.59 Å². The van der Waals surface area contributed by atoms with E-state index in [9.17, 15) is 18.8 Å². The summed E-state index contributed by atoms with van der Waals surface area (Å²) in [4.78, 5) is 34.3. The third-order valence-electron chi connectivity index (χ3n) is 3.02. The van der Waals surface area contributed by atoms with Crippen molar-refractivity contribution >= 4 is 23.9 Å². The molecule has 2 aromatic carbocycles. The molecule has 0 spiro atoms. The Morgan fingerprint density at radius 1 is 1.12 bits per heavy atom. The fraction of sp³-hybridized carbons (Fsp3) is 0.0556. The average Bonchev–Trinajstić information content (AvgIpc) is 2.59. The molecule has 2 amide bonds. The largest absolute Gasteiger partial charge is 0.423 e. The molecule has 0 aliphatic rings. The van der Waals surface area contributed by atoms with E-state index in [4.69, 9.17) is 10.5 Å². The van der Waals surface area contributed by atoms with E-state index in [1.807, 2.05) is 0 Å². The van der Waals surface area contributed by atoms with Gasteiger partial charge in [0.25, 0.3) is 5.91 Å². The van der Waals surface area contributed by atoms with Gasteiger partial charge in [0.2, 0.25) is 5.91 Å². The first-order valence-electron chi connectivity index (χ1n) is 7.26. The second kappa shape index (κ2) is 8.39. The van der Waals surface area contributed by atoms with Crippen molar-refractivity contribution in [2.75, 3.05) is 6.54 Å². The molecule has 0 fully saturated rings. The summed E-state index contributed by atoms with van der Waals surface area (Å²) >= 11 is 0. The Labute approximate surface area is 143 Å². The number of carbonyl (C=O) groups excluding carboxylic acids is 3. The molecule has 0 bridgehead atoms. The molecule has 25 heavy (non-hydrogen) atoms. The lowest BCUT2D eigenvalue weighted by Crippen LogP contribution is -2.33. The van der Waals surface area contributed by atoms with Crippen molar-refractivity contribution in [1.29, 1.82) is 0 Å². The number of ether oxygens (including phenoxy) is 1. The number of nitrogens with two attached hydrogens (primary N) is 1. The number of rotatable bonds is 6. The van der Waals surface area contributed by atoms with Gasteiger partial charge in [0.15, 0.2) is 0 Å². The summed E-state index contributed by atoms with van der Waals surface area (Å²) in [7, 11) is 0. The van der Waals surface area contributed by atoms with Crippen LogP contribution in [0.25, 0.3) is 6.08 Å². The smallest absolute Gasteiger partial charge is 0.336 e. The van der Waals surface area contributed by atoms with E-state index >= 15 is 0 Å². The summed E-state index contributed by atoms with van der Waals surface area (Å²) in [5.74, 6) is -2.04. The maximum absolute atomic E-state index is 12.8. The van der Waals surface area contributed by atoms with Crippen LogP contribution in [0.3, 0.4) is 0 Å². The zero-order valence-electron chi connectivity index (χ0n) is 13.1. The van der Waals surface area contributed by atoms with Gasteiger partial charge in [-0.05, 0) is 42.0 Å². The molecule has 2 aromatic rings. The molecular formula is C18H15FN2O4. The summed E-state index contributed by atoms with van der Waals surface area (Å²) in [5.41, 5.74) is 5.81. The predicted molar refractivity (Wildman–Crippen MR) is 89.0 cm³/mol. The summed E-state index contributed by atoms with van der Waals surface area (Å²) in [6, 6.07) is 11.5. The molecule has 0 heterocycles. The first-order chi connectivity index (χ1) is 11.9. The van der Waals surface area contributed by atoms with Crippen molar-refractivity contribution in [3.05, 3.63) is 71.6 Å². The molecule has 7 heteroatoms. The zero-order valence-corrected chi connectivity index (χ0v) is 13.1. The first-order valence-corrected chi connectivity index (χ1v) is 7.26. The molecule has 0 aromatic heterocycles. The van der Waals surface area contributed by atoms with Gasteiger partial charge in [0.1, 0.15) is 11.6 Å². The van der Waals surface area contributed by atoms with E-state index in [-0.39, 0.29) is 23.7 Å². The maximum Gasteiger partial charge on any atom is 0.336 e. The van der Waals surface area contributed by atoms with Crippen LogP contribution in [-0.4, -0.2) is 24.3 Å². The van der Waals surface area contributed by atoms with Crippen molar-refractivity contribution in [3.8, 4) is 5.75 Å². The number of hydrogen-bond donors (Lipinski definition) is 2. The highest BCUT2D eigenvalue weighted by atomic mass is 19.1. The maximum atomic E-state index is 12.8. The summed E-state index contributed by atoms with van der Waals surface area (Å²) in [5, 5.41) is 2.33. The van der Waals surface area contributed by atoms with Crippen molar-refractivity contribution in [1.82, 2.24) is 5.32 Å². The number of hydrogen-bond acceptors (Lipinski definition) is 4. The van der Waals surface area contributed by atoms with Crippen LogP contribution < -0.4 is 15.8 Å². The molecule has 3 N–H and O–H groups in total. The van der Waals surface area contributed by atoms with Gasteiger partial charge in [0, 0.05) is 11.6 Å². The number of benzene rings is 2. The molecule has 0 unspecified atom stereocenters. The highest BCUT2D eigenvalue weighted by Gasteiger charge is 2.09. The molecule has 6 nitrogen and oxygen atoms in total. The number of nitrogens with one attached hydrogen (secondary N) is 1. The number of esters is 1. The van der Waals surface area contributed by atoms with Crippen LogP contribution >= 0.6 is 0 Å². The predicted octanol–water partition coefficient (Wildman–Crippen LogP) is 1.66. The fourth-order valence-corrected chi connectivity index (χ4v) is 1.86. The van der Waals surface area contributed by atoms with E-state index in [0.717, 1.165) is 0 Å². The molecule has 0 saturated carbocycles. The molecule has 0 saturated heterocycles. The minimum absolute atomic E-state index is 0.167. The van der Waals surface area contributed by atoms with Crippen LogP contribution in [-0.2, 0) is 9.59 Å². The van der Waals surface area contributed by atoms with Crippen LogP contribution in [0.1, 0.15) is 15.9 Å². The lowest BCUT2D eigenvalue weighted by atomic mass is 10.2. The van der Waals surface area contributed by atoms with Crippen molar-refractivity contribution < 1.29 is 23.5 Å². The Kier molecular flexibility index (Phi) is 6.00. The lowest BCUT2D eigenvalue weighted by Gasteiger charge is -2.05. The summed E-state index contributed by atoms with van der Waals surface area (Å²) in [6.07, 6.45) is 2.66. The van der Waals surface area contributed by atoms with E-state index in [1.165, 1.54) is 60.7 Å². The highest BCUT2D eigenvalue weighted by Crippen LogP contribution is 2.14. The molecule has 0 radical (unpaired) electrons. The Morgan fingerprint density at radius 3 is 2.52 bits per heavy atom. The molecule has 2 rings (SSSR count). The van der Waals surface area contributed by atoms with Crippen molar-refractivity contribution in [2.24, 2.45) is 5.73 Å². The van der Waals surface area contributed by atoms with E-state index in [1.54, 1.807) is 0 Å². The Morgan fingerprint density at radius 2 is 1.84 bits per heavy atom. The Hall–Kier alpha value is -3.48. The summed E-state index contributed by atoms with van der Waals surface area (Å²) in [6.45, 7) is -0.288. The number of halogens is 1. The van der Waals surface area contributed by atoms with Crippen LogP contribution in [0.5, 0.6) is 5.75 Å². The Bertz CT molecular complexity index is 816. The van der Waals surface area contributed by atoms with Gasteiger partial charge in [-0.15, -0.1) is 0 Å². The minimum Gasteiger partial charge on any atom is -0.423 e. The lowest BCUT2D eigenvalue weighted by molar-refractivity contribution is -0.128. The monoisotopic (exact) mass is 342 g/mol. The second-order valence-electron chi connectivity index (χ2n) is 4.98. The first kappa shape index (κ1) is 17.9. The zero-order chi connectivity index (χ0) is 18.2. The SMILES string of the molecule is NC(=O)CNC(=O)c1cccc(OC(=O)C=Cc2ccc(F)cc2)c1. The average molecular weight is 342 g/mol. The van der Waals surface area contributed by atoms with Crippen LogP contribution in [0.15, 0.2) is 54.6 Å². The Balaban J connectivity index is 1.98. The van der Waals surface area contributed by atoms with Crippen LogP contribution in [0, 0.1) is 5.82 Å². The molecule has 0 aliphatic carbocycles. The van der Waals surface area contributed by atoms with Gasteiger partial charge in [-0.1, -0.05) is 18.2 Å². The topological polar surface area (TPSA) is 98.5 Å². The fourth-order valence-electron chi connectivity index (χ4n) is 1.86. The molecule has 128 valence electrons. The van der Waals surface area contributed by atoms with Gasteiger partial charge in [-0.2, -0.15) is 0 Å². The third-order valence-corrected chi connectivity index (χ3v) is 3.02. The normalized spacial score (nSPS) is 10.4. The third kappa shape index (κ3) is 5.91. The van der Waals surface area contributed by atoms with Crippen molar-refractivity contribution in [2.45, 2.75) is 0 Å². The molecule has 0 atom stereocenters. The minimum atomic E-state index is -0.665. The van der Waals surface area contributed by atoms with E-state index < -0.39 is 17.8 Å². The number of amides is 2. The van der Waals surface area contributed by atoms with Gasteiger partial charge in [-0.25, -0.2) is 9.18 Å². The van der Waals surface area contributed by atoms with Gasteiger partial charge < -0.3 is 15.8 Å². The molecular weight excluding hydrogens is 327 g/mol. The number of carbonyl (C=O) groups is 3.